The highest BCUT2D eigenvalue weighted by atomic mass is 35.5. The second-order valence-corrected chi connectivity index (χ2v) is 8.03. The van der Waals surface area contributed by atoms with Crippen LogP contribution in [0.15, 0.2) is 18.2 Å². The Bertz CT molecular complexity index is 905. The van der Waals surface area contributed by atoms with Gasteiger partial charge in [-0.3, -0.25) is 29.4 Å². The number of hydrogen-bond acceptors (Lipinski definition) is 8. The average Bonchev–Trinajstić information content (AvgIpc) is 3.05. The standard InChI is InChI=1S/C22H28N4O6.ClH/c27-18-5-4-17(20(28)25-18)26-21(29)15-2-1-3-16(19(15)22(26)30)24-10-11-31-12-13-32-14-6-8-23-9-7-14;/h1-3,14,17,23-24H,4-13H2,(H,25,27,28);1H. The van der Waals surface area contributed by atoms with Gasteiger partial charge in [0.25, 0.3) is 11.8 Å². The van der Waals surface area contributed by atoms with Gasteiger partial charge < -0.3 is 20.1 Å². The minimum absolute atomic E-state index is 0. The summed E-state index contributed by atoms with van der Waals surface area (Å²) in [6, 6.07) is 4.00. The molecule has 1 atom stereocenters. The van der Waals surface area contributed by atoms with Gasteiger partial charge >= 0.3 is 0 Å². The van der Waals surface area contributed by atoms with Crippen molar-refractivity contribution in [1.29, 1.82) is 0 Å². The SMILES string of the molecule is Cl.O=C1CCC(N2C(=O)c3cccc(NCCOCCOC4CCNCC4)c3C2=O)C(=O)N1. The molecule has 4 rings (SSSR count). The topological polar surface area (TPSA) is 126 Å². The number of halogens is 1. The Morgan fingerprint density at radius 2 is 1.79 bits per heavy atom. The van der Waals surface area contributed by atoms with Crippen molar-refractivity contribution in [2.75, 3.05) is 44.8 Å². The highest BCUT2D eigenvalue weighted by Gasteiger charge is 2.45. The maximum atomic E-state index is 13.0. The van der Waals surface area contributed by atoms with E-state index in [1.165, 1.54) is 0 Å². The summed E-state index contributed by atoms with van der Waals surface area (Å²) in [6.45, 7) is 3.86. The quantitative estimate of drug-likeness (QED) is 0.348. The lowest BCUT2D eigenvalue weighted by Crippen LogP contribution is -2.54. The number of fused-ring (bicyclic) bond motifs is 1. The molecule has 11 heteroatoms. The van der Waals surface area contributed by atoms with Gasteiger partial charge in [-0.25, -0.2) is 0 Å². The first-order valence-electron chi connectivity index (χ1n) is 11.0. The third-order valence-electron chi connectivity index (χ3n) is 5.90. The molecule has 0 spiro atoms. The van der Waals surface area contributed by atoms with Crippen molar-refractivity contribution in [2.45, 2.75) is 37.8 Å². The zero-order chi connectivity index (χ0) is 22.5. The third-order valence-corrected chi connectivity index (χ3v) is 5.90. The van der Waals surface area contributed by atoms with Crippen LogP contribution >= 0.6 is 12.4 Å². The highest BCUT2D eigenvalue weighted by molar-refractivity contribution is 6.25. The van der Waals surface area contributed by atoms with Crippen molar-refractivity contribution in [3.05, 3.63) is 29.3 Å². The number of hydrogen-bond donors (Lipinski definition) is 3. The summed E-state index contributed by atoms with van der Waals surface area (Å²) < 4.78 is 11.4. The molecule has 2 saturated heterocycles. The number of anilines is 1. The van der Waals surface area contributed by atoms with E-state index in [0.717, 1.165) is 30.8 Å². The predicted molar refractivity (Wildman–Crippen MR) is 122 cm³/mol. The Morgan fingerprint density at radius 3 is 2.55 bits per heavy atom. The molecule has 1 aromatic rings. The number of benzene rings is 1. The molecule has 3 aliphatic rings. The summed E-state index contributed by atoms with van der Waals surface area (Å²) >= 11 is 0. The molecule has 180 valence electrons. The van der Waals surface area contributed by atoms with Crippen LogP contribution in [0.4, 0.5) is 5.69 Å². The van der Waals surface area contributed by atoms with E-state index in [4.69, 9.17) is 9.47 Å². The first kappa shape index (κ1) is 25.1. The van der Waals surface area contributed by atoms with Crippen molar-refractivity contribution in [2.24, 2.45) is 0 Å². The van der Waals surface area contributed by atoms with Crippen LogP contribution < -0.4 is 16.0 Å². The van der Waals surface area contributed by atoms with Gasteiger partial charge in [-0.05, 0) is 44.5 Å². The Hall–Kier alpha value is -2.53. The van der Waals surface area contributed by atoms with Crippen LogP contribution in [0.2, 0.25) is 0 Å². The zero-order valence-electron chi connectivity index (χ0n) is 18.3. The van der Waals surface area contributed by atoms with Crippen molar-refractivity contribution >= 4 is 41.7 Å². The Balaban J connectivity index is 0.00000306. The van der Waals surface area contributed by atoms with E-state index in [1.54, 1.807) is 18.2 Å². The largest absolute Gasteiger partial charge is 0.382 e. The number of rotatable bonds is 9. The molecule has 3 N–H and O–H groups in total. The van der Waals surface area contributed by atoms with Gasteiger partial charge in [0, 0.05) is 18.7 Å². The van der Waals surface area contributed by atoms with Crippen LogP contribution in [0.1, 0.15) is 46.4 Å². The fourth-order valence-corrected chi connectivity index (χ4v) is 4.26. The molecule has 1 aromatic carbocycles. The lowest BCUT2D eigenvalue weighted by Gasteiger charge is -2.27. The summed E-state index contributed by atoms with van der Waals surface area (Å²) in [4.78, 5) is 50.4. The molecule has 4 amide bonds. The molecule has 0 aliphatic carbocycles. The highest BCUT2D eigenvalue weighted by Crippen LogP contribution is 2.32. The van der Waals surface area contributed by atoms with E-state index in [1.807, 2.05) is 0 Å². The summed E-state index contributed by atoms with van der Waals surface area (Å²) in [6.07, 6.45) is 2.55. The number of imide groups is 2. The number of ether oxygens (including phenoxy) is 2. The van der Waals surface area contributed by atoms with Gasteiger partial charge in [-0.1, -0.05) is 6.07 Å². The van der Waals surface area contributed by atoms with E-state index in [2.05, 4.69) is 16.0 Å². The number of amides is 4. The molecule has 1 unspecified atom stereocenters. The summed E-state index contributed by atoms with van der Waals surface area (Å²) in [5, 5.41) is 8.64. The van der Waals surface area contributed by atoms with Gasteiger partial charge in [0.1, 0.15) is 6.04 Å². The van der Waals surface area contributed by atoms with Crippen LogP contribution in [0.3, 0.4) is 0 Å². The van der Waals surface area contributed by atoms with Gasteiger partial charge in [0.2, 0.25) is 11.8 Å². The van der Waals surface area contributed by atoms with Crippen molar-refractivity contribution in [3.63, 3.8) is 0 Å². The van der Waals surface area contributed by atoms with E-state index in [0.29, 0.717) is 38.2 Å². The van der Waals surface area contributed by atoms with Gasteiger partial charge in [-0.15, -0.1) is 12.4 Å². The molecule has 2 fully saturated rings. The van der Waals surface area contributed by atoms with E-state index >= 15 is 0 Å². The van der Waals surface area contributed by atoms with Crippen LogP contribution in [0.5, 0.6) is 0 Å². The molecule has 3 heterocycles. The molecule has 0 saturated carbocycles. The maximum Gasteiger partial charge on any atom is 0.264 e. The van der Waals surface area contributed by atoms with Gasteiger partial charge in [0.15, 0.2) is 0 Å². The normalized spacial score (nSPS) is 21.0. The molecule has 10 nitrogen and oxygen atoms in total. The Labute approximate surface area is 198 Å². The first-order valence-corrected chi connectivity index (χ1v) is 11.0. The number of carbonyl (C=O) groups excluding carboxylic acids is 4. The molecular formula is C22H29ClN4O6. The van der Waals surface area contributed by atoms with Crippen molar-refractivity contribution in [1.82, 2.24) is 15.5 Å². The van der Waals surface area contributed by atoms with Crippen molar-refractivity contribution < 1.29 is 28.7 Å². The van der Waals surface area contributed by atoms with E-state index < -0.39 is 29.7 Å². The van der Waals surface area contributed by atoms with E-state index in [9.17, 15) is 19.2 Å². The zero-order valence-corrected chi connectivity index (χ0v) is 19.1. The molecule has 0 bridgehead atoms. The fourth-order valence-electron chi connectivity index (χ4n) is 4.26. The molecule has 0 aromatic heterocycles. The first-order chi connectivity index (χ1) is 15.6. The molecule has 0 radical (unpaired) electrons. The minimum atomic E-state index is -0.976. The third kappa shape index (κ3) is 5.70. The number of piperidine rings is 2. The lowest BCUT2D eigenvalue weighted by molar-refractivity contribution is -0.136. The minimum Gasteiger partial charge on any atom is -0.382 e. The van der Waals surface area contributed by atoms with Crippen LogP contribution in [0.25, 0.3) is 0 Å². The summed E-state index contributed by atoms with van der Waals surface area (Å²) in [5.74, 6) is -2.06. The van der Waals surface area contributed by atoms with Gasteiger partial charge in [0.05, 0.1) is 37.1 Å². The van der Waals surface area contributed by atoms with Crippen LogP contribution in [-0.4, -0.2) is 80.1 Å². The van der Waals surface area contributed by atoms with Gasteiger partial charge in [-0.2, -0.15) is 0 Å². The number of nitrogens with zero attached hydrogens (tertiary/aromatic N) is 1. The Morgan fingerprint density at radius 1 is 1.00 bits per heavy atom. The smallest absolute Gasteiger partial charge is 0.264 e. The van der Waals surface area contributed by atoms with Crippen LogP contribution in [-0.2, 0) is 19.1 Å². The van der Waals surface area contributed by atoms with E-state index in [-0.39, 0.29) is 36.4 Å². The van der Waals surface area contributed by atoms with Crippen LogP contribution in [0, 0.1) is 0 Å². The molecular weight excluding hydrogens is 452 g/mol. The second kappa shape index (κ2) is 11.6. The average molecular weight is 481 g/mol. The summed E-state index contributed by atoms with van der Waals surface area (Å²) in [7, 11) is 0. The predicted octanol–water partition coefficient (Wildman–Crippen LogP) is 0.707. The molecule has 3 aliphatic heterocycles. The number of carbonyl (C=O) groups is 4. The second-order valence-electron chi connectivity index (χ2n) is 8.03. The fraction of sp³-hybridized carbons (Fsp3) is 0.545. The molecule has 33 heavy (non-hydrogen) atoms. The summed E-state index contributed by atoms with van der Waals surface area (Å²) in [5.41, 5.74) is 1.02. The van der Waals surface area contributed by atoms with Crippen molar-refractivity contribution in [3.8, 4) is 0 Å². The lowest BCUT2D eigenvalue weighted by atomic mass is 10.0. The monoisotopic (exact) mass is 480 g/mol. The number of nitrogens with one attached hydrogen (secondary N) is 3. The Kier molecular flexibility index (Phi) is 8.79. The maximum absolute atomic E-state index is 13.0.